The summed E-state index contributed by atoms with van der Waals surface area (Å²) in [7, 11) is 1.48. The predicted molar refractivity (Wildman–Crippen MR) is 93.2 cm³/mol. The first-order valence-corrected chi connectivity index (χ1v) is 7.48. The van der Waals surface area contributed by atoms with Crippen molar-refractivity contribution in [3.8, 4) is 0 Å². The summed E-state index contributed by atoms with van der Waals surface area (Å²) in [6, 6.07) is 13.9. The molecule has 0 fully saturated rings. The van der Waals surface area contributed by atoms with Crippen molar-refractivity contribution in [1.82, 2.24) is 4.90 Å². The van der Waals surface area contributed by atoms with Gasteiger partial charge >= 0.3 is 6.18 Å². The molecule has 0 bridgehead atoms. The van der Waals surface area contributed by atoms with Crippen molar-refractivity contribution in [2.75, 3.05) is 7.05 Å². The summed E-state index contributed by atoms with van der Waals surface area (Å²) in [6.45, 7) is -0.115. The van der Waals surface area contributed by atoms with E-state index in [1.54, 1.807) is 0 Å². The second-order valence-corrected chi connectivity index (χ2v) is 5.63. The summed E-state index contributed by atoms with van der Waals surface area (Å²) in [6.07, 6.45) is -4.41. The van der Waals surface area contributed by atoms with Gasteiger partial charge in [0, 0.05) is 26.1 Å². The number of nitrogens with two attached hydrogens (primary N) is 1. The largest absolute Gasteiger partial charge is 0.416 e. The molecule has 0 spiro atoms. The number of alkyl halides is 3. The zero-order chi connectivity index (χ0) is 17.7. The topological polar surface area (TPSA) is 46.3 Å². The van der Waals surface area contributed by atoms with Crippen LogP contribution in [0.1, 0.15) is 29.2 Å². The van der Waals surface area contributed by atoms with Gasteiger partial charge in [0.25, 0.3) is 0 Å². The smallest absolute Gasteiger partial charge is 0.341 e. The van der Waals surface area contributed by atoms with Crippen molar-refractivity contribution in [3.05, 3.63) is 71.3 Å². The van der Waals surface area contributed by atoms with Crippen molar-refractivity contribution < 1.29 is 18.0 Å². The fourth-order valence-corrected chi connectivity index (χ4v) is 2.44. The monoisotopic (exact) mass is 372 g/mol. The van der Waals surface area contributed by atoms with Crippen molar-refractivity contribution in [1.29, 1.82) is 0 Å². The third kappa shape index (κ3) is 5.76. The molecule has 2 rings (SSSR count). The van der Waals surface area contributed by atoms with Gasteiger partial charge in [0.1, 0.15) is 0 Å². The van der Waals surface area contributed by atoms with Gasteiger partial charge in [-0.25, -0.2) is 0 Å². The number of nitrogens with zero attached hydrogens (tertiary/aromatic N) is 1. The van der Waals surface area contributed by atoms with E-state index >= 15 is 0 Å². The Bertz CT molecular complexity index is 692. The van der Waals surface area contributed by atoms with Crippen LogP contribution >= 0.6 is 12.4 Å². The van der Waals surface area contributed by atoms with E-state index in [1.807, 2.05) is 30.3 Å². The highest BCUT2D eigenvalue weighted by molar-refractivity contribution is 5.85. The maximum Gasteiger partial charge on any atom is 0.416 e. The molecule has 0 aliphatic rings. The molecule has 0 heterocycles. The fourth-order valence-electron chi connectivity index (χ4n) is 2.44. The van der Waals surface area contributed by atoms with E-state index in [0.717, 1.165) is 11.6 Å². The van der Waals surface area contributed by atoms with Crippen molar-refractivity contribution in [2.45, 2.75) is 25.2 Å². The lowest BCUT2D eigenvalue weighted by Gasteiger charge is -2.22. The average molecular weight is 373 g/mol. The Balaban J connectivity index is 0.00000312. The van der Waals surface area contributed by atoms with Crippen LogP contribution in [0.4, 0.5) is 13.2 Å². The molecule has 0 saturated heterocycles. The van der Waals surface area contributed by atoms with Crippen LogP contribution in [0, 0.1) is 0 Å². The second-order valence-electron chi connectivity index (χ2n) is 5.63. The number of amides is 1. The number of carbonyl (C=O) groups is 1. The minimum Gasteiger partial charge on any atom is -0.341 e. The normalized spacial score (nSPS) is 12.2. The number of rotatable bonds is 5. The van der Waals surface area contributed by atoms with Gasteiger partial charge < -0.3 is 10.6 Å². The minimum absolute atomic E-state index is 0. The van der Waals surface area contributed by atoms with Crippen molar-refractivity contribution in [3.63, 3.8) is 0 Å². The second kappa shape index (κ2) is 8.87. The van der Waals surface area contributed by atoms with Crippen LogP contribution in [0.2, 0.25) is 0 Å². The molecule has 7 heteroatoms. The quantitative estimate of drug-likeness (QED) is 0.856. The van der Waals surface area contributed by atoms with Crippen LogP contribution < -0.4 is 5.73 Å². The van der Waals surface area contributed by atoms with E-state index in [2.05, 4.69) is 0 Å². The van der Waals surface area contributed by atoms with Gasteiger partial charge in [-0.1, -0.05) is 48.5 Å². The summed E-state index contributed by atoms with van der Waals surface area (Å²) < 4.78 is 39.0. The van der Waals surface area contributed by atoms with Gasteiger partial charge in [-0.3, -0.25) is 4.79 Å². The van der Waals surface area contributed by atoms with Crippen LogP contribution in [0.15, 0.2) is 54.6 Å². The number of halogens is 4. The molecule has 2 aromatic rings. The van der Waals surface area contributed by atoms with E-state index in [9.17, 15) is 18.0 Å². The maximum absolute atomic E-state index is 13.0. The van der Waals surface area contributed by atoms with E-state index < -0.39 is 17.8 Å². The predicted octanol–water partition coefficient (Wildman–Crippen LogP) is 4.18. The lowest BCUT2D eigenvalue weighted by atomic mass is 10.0. The van der Waals surface area contributed by atoms with Crippen LogP contribution in [0.5, 0.6) is 0 Å². The Hall–Kier alpha value is -2.05. The Morgan fingerprint density at radius 3 is 2.24 bits per heavy atom. The van der Waals surface area contributed by atoms with Gasteiger partial charge in [0.2, 0.25) is 5.91 Å². The van der Waals surface area contributed by atoms with Gasteiger partial charge in [0.05, 0.1) is 5.56 Å². The molecule has 3 nitrogen and oxygen atoms in total. The Labute approximate surface area is 151 Å². The van der Waals surface area contributed by atoms with Gasteiger partial charge in [-0.05, 0) is 17.2 Å². The molecular formula is C18H20ClF3N2O. The average Bonchev–Trinajstić information content (AvgIpc) is 2.55. The van der Waals surface area contributed by atoms with Crippen molar-refractivity contribution >= 4 is 18.3 Å². The molecule has 2 N–H and O–H groups in total. The SMILES string of the molecule is CN(Cc1ccccc1C(F)(F)F)C(=O)CC(N)c1ccccc1.Cl. The fraction of sp³-hybridized carbons (Fsp3) is 0.278. The highest BCUT2D eigenvalue weighted by Crippen LogP contribution is 2.32. The van der Waals surface area contributed by atoms with Crippen LogP contribution in [0.3, 0.4) is 0 Å². The third-order valence-corrected chi connectivity index (χ3v) is 3.78. The minimum atomic E-state index is -4.44. The number of benzene rings is 2. The van der Waals surface area contributed by atoms with E-state index in [4.69, 9.17) is 5.73 Å². The molecule has 0 radical (unpaired) electrons. The lowest BCUT2D eigenvalue weighted by Crippen LogP contribution is -2.30. The standard InChI is InChI=1S/C18H19F3N2O.ClH/c1-23(12-14-9-5-6-10-15(14)18(19,20)21)17(24)11-16(22)13-7-3-2-4-8-13;/h2-10,16H,11-12,22H2,1H3;1H. The van der Waals surface area contributed by atoms with E-state index in [0.29, 0.717) is 0 Å². The molecule has 25 heavy (non-hydrogen) atoms. The summed E-state index contributed by atoms with van der Waals surface area (Å²) in [5, 5.41) is 0. The molecule has 0 saturated carbocycles. The molecule has 1 amide bonds. The van der Waals surface area contributed by atoms with Crippen LogP contribution in [-0.4, -0.2) is 17.9 Å². The molecule has 0 aromatic heterocycles. The molecule has 2 aromatic carbocycles. The number of hydrogen-bond acceptors (Lipinski definition) is 2. The third-order valence-electron chi connectivity index (χ3n) is 3.78. The molecular weight excluding hydrogens is 353 g/mol. The first-order chi connectivity index (χ1) is 11.3. The lowest BCUT2D eigenvalue weighted by molar-refractivity contribution is -0.139. The Morgan fingerprint density at radius 1 is 1.08 bits per heavy atom. The number of carbonyl (C=O) groups excluding carboxylic acids is 1. The summed E-state index contributed by atoms with van der Waals surface area (Å²) in [5.41, 5.74) is 6.15. The summed E-state index contributed by atoms with van der Waals surface area (Å²) >= 11 is 0. The highest BCUT2D eigenvalue weighted by atomic mass is 35.5. The zero-order valence-electron chi connectivity index (χ0n) is 13.7. The summed E-state index contributed by atoms with van der Waals surface area (Å²) in [4.78, 5) is 13.5. The highest BCUT2D eigenvalue weighted by Gasteiger charge is 2.33. The first-order valence-electron chi connectivity index (χ1n) is 7.48. The van der Waals surface area contributed by atoms with Gasteiger partial charge in [0.15, 0.2) is 0 Å². The Kier molecular flexibility index (Phi) is 7.45. The molecule has 0 aliphatic heterocycles. The van der Waals surface area contributed by atoms with Gasteiger partial charge in [-0.15, -0.1) is 12.4 Å². The van der Waals surface area contributed by atoms with Crippen LogP contribution in [0.25, 0.3) is 0 Å². The van der Waals surface area contributed by atoms with E-state index in [-0.39, 0.29) is 36.8 Å². The Morgan fingerprint density at radius 2 is 1.64 bits per heavy atom. The van der Waals surface area contributed by atoms with E-state index in [1.165, 1.54) is 30.1 Å². The zero-order valence-corrected chi connectivity index (χ0v) is 14.5. The van der Waals surface area contributed by atoms with Crippen molar-refractivity contribution in [2.24, 2.45) is 5.73 Å². The molecule has 0 aliphatic carbocycles. The molecule has 136 valence electrons. The first kappa shape index (κ1) is 21.0. The molecule has 1 unspecified atom stereocenters. The maximum atomic E-state index is 13.0. The number of hydrogen-bond donors (Lipinski definition) is 1. The summed E-state index contributed by atoms with van der Waals surface area (Å²) in [5.74, 6) is -0.302. The van der Waals surface area contributed by atoms with Gasteiger partial charge in [-0.2, -0.15) is 13.2 Å². The van der Waals surface area contributed by atoms with Crippen LogP contribution in [-0.2, 0) is 17.5 Å². The molecule has 1 atom stereocenters.